The van der Waals surface area contributed by atoms with Gasteiger partial charge in [-0.2, -0.15) is 0 Å². The molecule has 1 N–H and O–H groups in total. The molecule has 0 aliphatic carbocycles. The summed E-state index contributed by atoms with van der Waals surface area (Å²) in [7, 11) is 0. The van der Waals surface area contributed by atoms with Crippen molar-refractivity contribution < 1.29 is 0 Å². The van der Waals surface area contributed by atoms with Crippen LogP contribution in [-0.4, -0.2) is 36.6 Å². The second-order valence-electron chi connectivity index (χ2n) is 6.09. The number of likely N-dealkylation sites (tertiary alicyclic amines) is 1. The van der Waals surface area contributed by atoms with Crippen LogP contribution in [0.1, 0.15) is 58.8 Å². The Morgan fingerprint density at radius 3 is 2.94 bits per heavy atom. The van der Waals surface area contributed by atoms with Gasteiger partial charge in [0.15, 0.2) is 0 Å². The first-order valence-electron chi connectivity index (χ1n) is 7.78. The third kappa shape index (κ3) is 3.69. The maximum atomic E-state index is 3.65. The van der Waals surface area contributed by atoms with Crippen molar-refractivity contribution in [1.82, 2.24) is 10.2 Å². The normalized spacial score (nSPS) is 31.4. The molecule has 0 saturated carbocycles. The number of hydrogen-bond acceptors (Lipinski definition) is 2. The fourth-order valence-electron chi connectivity index (χ4n) is 3.53. The van der Waals surface area contributed by atoms with E-state index in [2.05, 4.69) is 24.1 Å². The van der Waals surface area contributed by atoms with Gasteiger partial charge in [-0.15, -0.1) is 0 Å². The van der Waals surface area contributed by atoms with Gasteiger partial charge in [-0.3, -0.25) is 0 Å². The van der Waals surface area contributed by atoms with E-state index < -0.39 is 0 Å². The molecule has 3 unspecified atom stereocenters. The topological polar surface area (TPSA) is 15.3 Å². The van der Waals surface area contributed by atoms with Crippen molar-refractivity contribution in [3.05, 3.63) is 0 Å². The predicted octanol–water partition coefficient (Wildman–Crippen LogP) is 3.03. The fourth-order valence-corrected chi connectivity index (χ4v) is 3.53. The highest BCUT2D eigenvalue weighted by atomic mass is 15.2. The second kappa shape index (κ2) is 6.75. The predicted molar refractivity (Wildman–Crippen MR) is 74.3 cm³/mol. The van der Waals surface area contributed by atoms with E-state index in [4.69, 9.17) is 0 Å². The quantitative estimate of drug-likeness (QED) is 0.716. The number of nitrogens with zero attached hydrogens (tertiary/aromatic N) is 1. The lowest BCUT2D eigenvalue weighted by Crippen LogP contribution is -2.47. The van der Waals surface area contributed by atoms with Gasteiger partial charge in [-0.05, 0) is 45.2 Å². The van der Waals surface area contributed by atoms with Crippen molar-refractivity contribution in [1.29, 1.82) is 0 Å². The fraction of sp³-hybridized carbons (Fsp3) is 1.00. The van der Waals surface area contributed by atoms with Crippen molar-refractivity contribution in [2.45, 2.75) is 70.9 Å². The van der Waals surface area contributed by atoms with Crippen LogP contribution in [0.15, 0.2) is 0 Å². The summed E-state index contributed by atoms with van der Waals surface area (Å²) in [6.45, 7) is 8.67. The molecule has 2 rings (SSSR count). The molecule has 0 aromatic carbocycles. The largest absolute Gasteiger partial charge is 0.314 e. The van der Waals surface area contributed by atoms with Crippen LogP contribution in [0.2, 0.25) is 0 Å². The maximum Gasteiger partial charge on any atom is 0.0120 e. The van der Waals surface area contributed by atoms with Crippen LogP contribution in [0.25, 0.3) is 0 Å². The minimum Gasteiger partial charge on any atom is -0.314 e. The SMILES string of the molecule is CCCCCCC(C)N1CCC2NCCC2C1. The molecule has 2 aliphatic heterocycles. The highest BCUT2D eigenvalue weighted by Gasteiger charge is 2.33. The number of unbranched alkanes of at least 4 members (excludes halogenated alkanes) is 3. The van der Waals surface area contributed by atoms with Gasteiger partial charge in [-0.25, -0.2) is 0 Å². The molecule has 2 aliphatic rings. The van der Waals surface area contributed by atoms with Crippen molar-refractivity contribution in [2.75, 3.05) is 19.6 Å². The Labute approximate surface area is 107 Å². The number of fused-ring (bicyclic) bond motifs is 1. The van der Waals surface area contributed by atoms with Gasteiger partial charge >= 0.3 is 0 Å². The first-order chi connectivity index (χ1) is 8.31. The Morgan fingerprint density at radius 2 is 2.12 bits per heavy atom. The first-order valence-corrected chi connectivity index (χ1v) is 7.78. The van der Waals surface area contributed by atoms with E-state index in [1.807, 2.05) is 0 Å². The molecule has 2 nitrogen and oxygen atoms in total. The zero-order valence-electron chi connectivity index (χ0n) is 11.8. The molecule has 2 heteroatoms. The highest BCUT2D eigenvalue weighted by molar-refractivity contribution is 4.91. The average molecular weight is 238 g/mol. The molecule has 17 heavy (non-hydrogen) atoms. The van der Waals surface area contributed by atoms with Crippen molar-refractivity contribution in [3.63, 3.8) is 0 Å². The third-order valence-electron chi connectivity index (χ3n) is 4.79. The van der Waals surface area contributed by atoms with Crippen LogP contribution in [0.4, 0.5) is 0 Å². The molecule has 2 fully saturated rings. The summed E-state index contributed by atoms with van der Waals surface area (Å²) < 4.78 is 0. The summed E-state index contributed by atoms with van der Waals surface area (Å²) in [5.41, 5.74) is 0. The molecule has 0 spiro atoms. The van der Waals surface area contributed by atoms with E-state index >= 15 is 0 Å². The minimum atomic E-state index is 0.813. The molecular formula is C15H30N2. The minimum absolute atomic E-state index is 0.813. The standard InChI is InChI=1S/C15H30N2/c1-3-4-5-6-7-13(2)17-11-9-15-14(12-17)8-10-16-15/h13-16H,3-12H2,1-2H3. The Hall–Kier alpha value is -0.0800. The number of piperidine rings is 1. The van der Waals surface area contributed by atoms with Crippen LogP contribution in [0.3, 0.4) is 0 Å². The van der Waals surface area contributed by atoms with E-state index in [1.54, 1.807) is 0 Å². The van der Waals surface area contributed by atoms with Gasteiger partial charge in [0.25, 0.3) is 0 Å². The third-order valence-corrected chi connectivity index (χ3v) is 4.79. The summed E-state index contributed by atoms with van der Waals surface area (Å²) in [4.78, 5) is 2.75. The van der Waals surface area contributed by atoms with Gasteiger partial charge in [0.05, 0.1) is 0 Å². The van der Waals surface area contributed by atoms with Crippen LogP contribution in [0.5, 0.6) is 0 Å². The molecular weight excluding hydrogens is 208 g/mol. The Bertz CT molecular complexity index is 217. The monoisotopic (exact) mass is 238 g/mol. The van der Waals surface area contributed by atoms with E-state index in [1.165, 1.54) is 64.6 Å². The van der Waals surface area contributed by atoms with Gasteiger partial charge in [0.1, 0.15) is 0 Å². The van der Waals surface area contributed by atoms with E-state index in [9.17, 15) is 0 Å². The molecule has 0 radical (unpaired) electrons. The highest BCUT2D eigenvalue weighted by Crippen LogP contribution is 2.26. The molecule has 2 saturated heterocycles. The molecule has 0 aromatic heterocycles. The summed E-state index contributed by atoms with van der Waals surface area (Å²) in [5.74, 6) is 0.946. The second-order valence-corrected chi connectivity index (χ2v) is 6.09. The van der Waals surface area contributed by atoms with Crippen molar-refractivity contribution in [2.24, 2.45) is 5.92 Å². The average Bonchev–Trinajstić information content (AvgIpc) is 2.81. The van der Waals surface area contributed by atoms with Gasteiger partial charge in [0, 0.05) is 18.6 Å². The lowest BCUT2D eigenvalue weighted by Gasteiger charge is -2.38. The number of rotatable bonds is 6. The summed E-state index contributed by atoms with van der Waals surface area (Å²) in [6.07, 6.45) is 9.83. The van der Waals surface area contributed by atoms with Gasteiger partial charge < -0.3 is 10.2 Å². The van der Waals surface area contributed by atoms with Crippen LogP contribution in [0, 0.1) is 5.92 Å². The molecule has 0 amide bonds. The van der Waals surface area contributed by atoms with Gasteiger partial charge in [-0.1, -0.05) is 32.6 Å². The smallest absolute Gasteiger partial charge is 0.0120 e. The summed E-state index contributed by atoms with van der Waals surface area (Å²) in [5, 5.41) is 3.65. The number of hydrogen-bond donors (Lipinski definition) is 1. The van der Waals surface area contributed by atoms with Crippen LogP contribution >= 0.6 is 0 Å². The zero-order chi connectivity index (χ0) is 12.1. The molecule has 100 valence electrons. The lowest BCUT2D eigenvalue weighted by molar-refractivity contribution is 0.116. The van der Waals surface area contributed by atoms with Crippen molar-refractivity contribution >= 4 is 0 Å². The lowest BCUT2D eigenvalue weighted by atomic mass is 9.92. The Balaban J connectivity index is 1.67. The van der Waals surface area contributed by atoms with E-state index in [0.717, 1.165) is 18.0 Å². The molecule has 0 bridgehead atoms. The molecule has 0 aromatic rings. The summed E-state index contributed by atoms with van der Waals surface area (Å²) >= 11 is 0. The first kappa shape index (κ1) is 13.4. The van der Waals surface area contributed by atoms with Gasteiger partial charge in [0.2, 0.25) is 0 Å². The van der Waals surface area contributed by atoms with Crippen molar-refractivity contribution in [3.8, 4) is 0 Å². The molecule has 2 heterocycles. The molecule has 3 atom stereocenters. The van der Waals surface area contributed by atoms with E-state index in [-0.39, 0.29) is 0 Å². The summed E-state index contributed by atoms with van der Waals surface area (Å²) in [6, 6.07) is 1.66. The van der Waals surface area contributed by atoms with Crippen LogP contribution < -0.4 is 5.32 Å². The maximum absolute atomic E-state index is 3.65. The Kier molecular flexibility index (Phi) is 5.30. The van der Waals surface area contributed by atoms with E-state index in [0.29, 0.717) is 0 Å². The zero-order valence-corrected chi connectivity index (χ0v) is 11.8. The Morgan fingerprint density at radius 1 is 1.24 bits per heavy atom. The number of nitrogens with one attached hydrogen (secondary N) is 1. The van der Waals surface area contributed by atoms with Crippen LogP contribution in [-0.2, 0) is 0 Å².